The van der Waals surface area contributed by atoms with Gasteiger partial charge in [0.15, 0.2) is 0 Å². The van der Waals surface area contributed by atoms with Gasteiger partial charge in [-0.2, -0.15) is 0 Å². The Bertz CT molecular complexity index is 305. The molecule has 2 atom stereocenters. The smallest absolute Gasteiger partial charge is 0.0239 e. The molecule has 0 spiro atoms. The largest absolute Gasteiger partial charge is 0.294 e. The van der Waals surface area contributed by atoms with Gasteiger partial charge in [0.2, 0.25) is 0 Å². The average Bonchev–Trinajstić information content (AvgIpc) is 2.66. The molecule has 0 aliphatic carbocycles. The molecule has 1 aliphatic rings. The van der Waals surface area contributed by atoms with Crippen LogP contribution in [0.3, 0.4) is 0 Å². The van der Waals surface area contributed by atoms with E-state index >= 15 is 0 Å². The molecule has 1 heterocycles. The SMILES string of the molecule is CC.Cc1ccc(CN2C(C)CCC2C)cc1. The Kier molecular flexibility index (Phi) is 5.70. The molecule has 2 unspecified atom stereocenters. The quantitative estimate of drug-likeness (QED) is 0.732. The molecule has 1 nitrogen and oxygen atoms in total. The molecule has 96 valence electrons. The molecular weight excluding hydrogens is 206 g/mol. The van der Waals surface area contributed by atoms with Crippen LogP contribution in [0.4, 0.5) is 0 Å². The van der Waals surface area contributed by atoms with Crippen LogP contribution in [0.1, 0.15) is 51.7 Å². The van der Waals surface area contributed by atoms with Gasteiger partial charge in [-0.25, -0.2) is 0 Å². The van der Waals surface area contributed by atoms with Gasteiger partial charge < -0.3 is 0 Å². The summed E-state index contributed by atoms with van der Waals surface area (Å²) in [6.45, 7) is 11.9. The first-order valence-electron chi connectivity index (χ1n) is 6.98. The number of rotatable bonds is 2. The Morgan fingerprint density at radius 2 is 1.47 bits per heavy atom. The summed E-state index contributed by atoms with van der Waals surface area (Å²) in [5.41, 5.74) is 2.79. The molecular formula is C16H27N. The molecule has 1 aliphatic heterocycles. The molecule has 0 amide bonds. The monoisotopic (exact) mass is 233 g/mol. The topological polar surface area (TPSA) is 3.24 Å². The van der Waals surface area contributed by atoms with Crippen LogP contribution in [-0.2, 0) is 6.54 Å². The van der Waals surface area contributed by atoms with E-state index in [0.717, 1.165) is 18.6 Å². The second-order valence-corrected chi connectivity index (χ2v) is 4.93. The molecule has 2 rings (SSSR count). The van der Waals surface area contributed by atoms with Gasteiger partial charge in [-0.05, 0) is 39.2 Å². The van der Waals surface area contributed by atoms with Crippen molar-refractivity contribution in [1.29, 1.82) is 0 Å². The van der Waals surface area contributed by atoms with Crippen molar-refractivity contribution in [3.05, 3.63) is 35.4 Å². The van der Waals surface area contributed by atoms with Gasteiger partial charge in [-0.3, -0.25) is 4.90 Å². The summed E-state index contributed by atoms with van der Waals surface area (Å²) in [6, 6.07) is 10.4. The van der Waals surface area contributed by atoms with E-state index in [0.29, 0.717) is 0 Å². The molecule has 0 saturated carbocycles. The lowest BCUT2D eigenvalue weighted by molar-refractivity contribution is 0.205. The second kappa shape index (κ2) is 6.80. The number of benzene rings is 1. The summed E-state index contributed by atoms with van der Waals surface area (Å²) < 4.78 is 0. The zero-order chi connectivity index (χ0) is 12.8. The summed E-state index contributed by atoms with van der Waals surface area (Å²) in [5, 5.41) is 0. The van der Waals surface area contributed by atoms with Crippen LogP contribution in [0.2, 0.25) is 0 Å². The summed E-state index contributed by atoms with van der Waals surface area (Å²) in [5.74, 6) is 0. The number of hydrogen-bond acceptors (Lipinski definition) is 1. The lowest BCUT2D eigenvalue weighted by Gasteiger charge is -2.25. The van der Waals surface area contributed by atoms with E-state index in [1.165, 1.54) is 24.0 Å². The summed E-state index contributed by atoms with van der Waals surface area (Å²) in [7, 11) is 0. The maximum Gasteiger partial charge on any atom is 0.0239 e. The van der Waals surface area contributed by atoms with Crippen molar-refractivity contribution in [1.82, 2.24) is 4.90 Å². The maximum atomic E-state index is 2.62. The van der Waals surface area contributed by atoms with E-state index in [2.05, 4.69) is 49.9 Å². The fourth-order valence-corrected chi connectivity index (χ4v) is 2.46. The van der Waals surface area contributed by atoms with Crippen molar-refractivity contribution in [3.63, 3.8) is 0 Å². The fraction of sp³-hybridized carbons (Fsp3) is 0.625. The standard InChI is InChI=1S/C14H21N.C2H6/c1-11-4-8-14(9-5-11)10-15-12(2)6-7-13(15)3;1-2/h4-5,8-9,12-13H,6-7,10H2,1-3H3;1-2H3. The normalized spacial score (nSPS) is 24.3. The molecule has 1 saturated heterocycles. The highest BCUT2D eigenvalue weighted by atomic mass is 15.2. The summed E-state index contributed by atoms with van der Waals surface area (Å²) >= 11 is 0. The number of hydrogen-bond donors (Lipinski definition) is 0. The third-order valence-corrected chi connectivity index (χ3v) is 3.62. The van der Waals surface area contributed by atoms with Gasteiger partial charge in [0.1, 0.15) is 0 Å². The van der Waals surface area contributed by atoms with E-state index in [4.69, 9.17) is 0 Å². The highest BCUT2D eigenvalue weighted by Crippen LogP contribution is 2.25. The zero-order valence-corrected chi connectivity index (χ0v) is 12.0. The van der Waals surface area contributed by atoms with Crippen LogP contribution in [0.5, 0.6) is 0 Å². The van der Waals surface area contributed by atoms with Crippen molar-refractivity contribution in [2.24, 2.45) is 0 Å². The first-order chi connectivity index (χ1) is 8.16. The minimum absolute atomic E-state index is 0.751. The maximum absolute atomic E-state index is 2.62. The lowest BCUT2D eigenvalue weighted by Crippen LogP contribution is -2.31. The molecule has 0 aromatic heterocycles. The lowest BCUT2D eigenvalue weighted by atomic mass is 10.1. The van der Waals surface area contributed by atoms with E-state index in [9.17, 15) is 0 Å². The summed E-state index contributed by atoms with van der Waals surface area (Å²) in [6.07, 6.45) is 2.71. The van der Waals surface area contributed by atoms with Crippen LogP contribution in [0.15, 0.2) is 24.3 Å². The van der Waals surface area contributed by atoms with Gasteiger partial charge in [0.05, 0.1) is 0 Å². The highest BCUT2D eigenvalue weighted by Gasteiger charge is 2.26. The van der Waals surface area contributed by atoms with Crippen molar-refractivity contribution >= 4 is 0 Å². The highest BCUT2D eigenvalue weighted by molar-refractivity contribution is 5.21. The predicted octanol–water partition coefficient (Wildman–Crippen LogP) is 4.39. The third-order valence-electron chi connectivity index (χ3n) is 3.62. The van der Waals surface area contributed by atoms with E-state index < -0.39 is 0 Å². The average molecular weight is 233 g/mol. The second-order valence-electron chi connectivity index (χ2n) is 4.93. The number of aryl methyl sites for hydroxylation is 1. The van der Waals surface area contributed by atoms with E-state index in [1.54, 1.807) is 0 Å². The first kappa shape index (κ1) is 14.2. The van der Waals surface area contributed by atoms with Crippen molar-refractivity contribution in [3.8, 4) is 0 Å². The van der Waals surface area contributed by atoms with Crippen LogP contribution in [0.25, 0.3) is 0 Å². The Balaban J connectivity index is 0.000000686. The Morgan fingerprint density at radius 3 is 1.94 bits per heavy atom. The predicted molar refractivity (Wildman–Crippen MR) is 76.2 cm³/mol. The van der Waals surface area contributed by atoms with Gasteiger partial charge in [-0.15, -0.1) is 0 Å². The zero-order valence-electron chi connectivity index (χ0n) is 12.0. The molecule has 0 bridgehead atoms. The van der Waals surface area contributed by atoms with Crippen LogP contribution >= 0.6 is 0 Å². The third kappa shape index (κ3) is 3.85. The number of nitrogens with zero attached hydrogens (tertiary/aromatic N) is 1. The Labute approximate surface area is 107 Å². The van der Waals surface area contributed by atoms with Gasteiger partial charge in [0.25, 0.3) is 0 Å². The minimum atomic E-state index is 0.751. The molecule has 0 N–H and O–H groups in total. The van der Waals surface area contributed by atoms with E-state index in [-0.39, 0.29) is 0 Å². The Hall–Kier alpha value is -0.820. The molecule has 0 radical (unpaired) electrons. The molecule has 1 aromatic carbocycles. The van der Waals surface area contributed by atoms with Crippen LogP contribution < -0.4 is 0 Å². The van der Waals surface area contributed by atoms with Gasteiger partial charge >= 0.3 is 0 Å². The minimum Gasteiger partial charge on any atom is -0.294 e. The summed E-state index contributed by atoms with van der Waals surface area (Å²) in [4.78, 5) is 2.62. The molecule has 1 aromatic rings. The van der Waals surface area contributed by atoms with Crippen LogP contribution in [0, 0.1) is 6.92 Å². The first-order valence-corrected chi connectivity index (χ1v) is 6.98. The Morgan fingerprint density at radius 1 is 1.00 bits per heavy atom. The van der Waals surface area contributed by atoms with Crippen LogP contribution in [-0.4, -0.2) is 17.0 Å². The van der Waals surface area contributed by atoms with Crippen molar-refractivity contribution < 1.29 is 0 Å². The molecule has 1 fully saturated rings. The molecule has 17 heavy (non-hydrogen) atoms. The molecule has 1 heteroatoms. The van der Waals surface area contributed by atoms with Crippen molar-refractivity contribution in [2.45, 2.75) is 66.1 Å². The van der Waals surface area contributed by atoms with Gasteiger partial charge in [0, 0.05) is 18.6 Å². The van der Waals surface area contributed by atoms with E-state index in [1.807, 2.05) is 13.8 Å². The fourth-order valence-electron chi connectivity index (χ4n) is 2.46. The van der Waals surface area contributed by atoms with Gasteiger partial charge in [-0.1, -0.05) is 43.7 Å². The number of likely N-dealkylation sites (tertiary alicyclic amines) is 1. The van der Waals surface area contributed by atoms with Crippen molar-refractivity contribution in [2.75, 3.05) is 0 Å².